The second kappa shape index (κ2) is 7.44. The van der Waals surface area contributed by atoms with Crippen LogP contribution in [0.25, 0.3) is 17.4 Å². The number of amides is 1. The number of carboxylic acids is 1. The number of carbonyl (C=O) groups is 2. The van der Waals surface area contributed by atoms with Gasteiger partial charge >= 0.3 is 0 Å². The first kappa shape index (κ1) is 19.0. The first-order chi connectivity index (χ1) is 12.3. The van der Waals surface area contributed by atoms with Crippen molar-refractivity contribution < 1.29 is 19.1 Å². The van der Waals surface area contributed by atoms with Crippen LogP contribution in [0.5, 0.6) is 0 Å². The van der Waals surface area contributed by atoms with Crippen molar-refractivity contribution in [3.05, 3.63) is 51.0 Å². The van der Waals surface area contributed by atoms with Gasteiger partial charge in [0.05, 0.1) is 27.0 Å². The minimum atomic E-state index is -1.37. The number of thiocarbonyl (C=S) groups is 1. The molecule has 1 aliphatic rings. The Balaban J connectivity index is 1.86. The Hall–Kier alpha value is -1.80. The number of rotatable bonds is 4. The SMILES string of the molecule is C[C@H](C(=O)[O-])N1C(=O)/C(=C/c2ccc(-c3ccc(Cl)c(Cl)c3)o2)SC1=S. The molecule has 0 spiro atoms. The van der Waals surface area contributed by atoms with Gasteiger partial charge in [-0.2, -0.15) is 0 Å². The molecule has 9 heteroatoms. The zero-order valence-electron chi connectivity index (χ0n) is 13.2. The average molecular weight is 427 g/mol. The minimum Gasteiger partial charge on any atom is -0.548 e. The first-order valence-electron chi connectivity index (χ1n) is 7.31. The van der Waals surface area contributed by atoms with Crippen molar-refractivity contribution in [2.45, 2.75) is 13.0 Å². The van der Waals surface area contributed by atoms with Crippen LogP contribution in [-0.4, -0.2) is 27.1 Å². The molecule has 0 unspecified atom stereocenters. The fourth-order valence-corrected chi connectivity index (χ4v) is 3.98. The summed E-state index contributed by atoms with van der Waals surface area (Å²) in [4.78, 5) is 24.7. The Morgan fingerprint density at radius 1 is 1.31 bits per heavy atom. The summed E-state index contributed by atoms with van der Waals surface area (Å²) in [5, 5.41) is 11.9. The molecule has 0 bridgehead atoms. The number of hydrogen-bond donors (Lipinski definition) is 0. The fraction of sp³-hybridized carbons (Fsp3) is 0.118. The van der Waals surface area contributed by atoms with E-state index in [0.717, 1.165) is 22.2 Å². The van der Waals surface area contributed by atoms with Gasteiger partial charge in [0.15, 0.2) is 0 Å². The summed E-state index contributed by atoms with van der Waals surface area (Å²) in [5.41, 5.74) is 0.733. The van der Waals surface area contributed by atoms with E-state index >= 15 is 0 Å². The van der Waals surface area contributed by atoms with Crippen molar-refractivity contribution in [1.29, 1.82) is 0 Å². The monoisotopic (exact) mass is 426 g/mol. The molecule has 134 valence electrons. The number of aliphatic carboxylic acids is 1. The molecule has 3 rings (SSSR count). The lowest BCUT2D eigenvalue weighted by molar-refractivity contribution is -0.309. The second-order valence-electron chi connectivity index (χ2n) is 5.38. The van der Waals surface area contributed by atoms with Crippen LogP contribution >= 0.6 is 47.2 Å². The fourth-order valence-electron chi connectivity index (χ4n) is 2.28. The first-order valence-corrected chi connectivity index (χ1v) is 9.29. The number of furan rings is 1. The van der Waals surface area contributed by atoms with Crippen LogP contribution in [0, 0.1) is 0 Å². The van der Waals surface area contributed by atoms with Crippen LogP contribution < -0.4 is 5.11 Å². The quantitative estimate of drug-likeness (QED) is 0.549. The van der Waals surface area contributed by atoms with E-state index in [1.165, 1.54) is 13.0 Å². The average Bonchev–Trinajstić information content (AvgIpc) is 3.15. The molecule has 0 aliphatic carbocycles. The van der Waals surface area contributed by atoms with Crippen LogP contribution in [0.15, 0.2) is 39.7 Å². The van der Waals surface area contributed by atoms with Crippen LogP contribution in [0.1, 0.15) is 12.7 Å². The Morgan fingerprint density at radius 2 is 2.04 bits per heavy atom. The molecule has 1 aromatic heterocycles. The van der Waals surface area contributed by atoms with Crippen molar-refractivity contribution in [3.63, 3.8) is 0 Å². The molecule has 1 aromatic carbocycles. The summed E-state index contributed by atoms with van der Waals surface area (Å²) in [6.45, 7) is 1.35. The molecule has 1 saturated heterocycles. The second-order valence-corrected chi connectivity index (χ2v) is 7.87. The molecule has 0 radical (unpaired) electrons. The molecule has 1 atom stereocenters. The van der Waals surface area contributed by atoms with Gasteiger partial charge in [0.25, 0.3) is 5.91 Å². The molecule has 1 amide bonds. The van der Waals surface area contributed by atoms with Crippen molar-refractivity contribution in [3.8, 4) is 11.3 Å². The number of nitrogens with zero attached hydrogens (tertiary/aromatic N) is 1. The van der Waals surface area contributed by atoms with Crippen LogP contribution in [0.2, 0.25) is 10.0 Å². The Bertz CT molecular complexity index is 954. The molecule has 5 nitrogen and oxygen atoms in total. The molecule has 1 aliphatic heterocycles. The Labute approximate surface area is 168 Å². The smallest absolute Gasteiger partial charge is 0.266 e. The maximum absolute atomic E-state index is 12.4. The zero-order valence-corrected chi connectivity index (χ0v) is 16.3. The predicted molar refractivity (Wildman–Crippen MR) is 104 cm³/mol. The van der Waals surface area contributed by atoms with E-state index in [1.807, 2.05) is 0 Å². The van der Waals surface area contributed by atoms with Gasteiger partial charge in [-0.05, 0) is 37.3 Å². The molecule has 1 fully saturated rings. The summed E-state index contributed by atoms with van der Waals surface area (Å²) < 4.78 is 5.88. The number of benzene rings is 1. The molecule has 2 aromatic rings. The third-order valence-electron chi connectivity index (χ3n) is 3.66. The van der Waals surface area contributed by atoms with E-state index in [0.29, 0.717) is 21.6 Å². The highest BCUT2D eigenvalue weighted by Gasteiger charge is 2.36. The topological polar surface area (TPSA) is 73.6 Å². The highest BCUT2D eigenvalue weighted by Crippen LogP contribution is 2.35. The summed E-state index contributed by atoms with van der Waals surface area (Å²) >= 11 is 18.0. The van der Waals surface area contributed by atoms with Gasteiger partial charge in [-0.25, -0.2) is 0 Å². The molecular formula is C17H10Cl2NO4S2-. The Kier molecular flexibility index (Phi) is 5.43. The van der Waals surface area contributed by atoms with Gasteiger partial charge in [-0.1, -0.05) is 47.2 Å². The number of carboxylic acid groups (broad SMARTS) is 1. The van der Waals surface area contributed by atoms with E-state index in [-0.39, 0.29) is 9.23 Å². The van der Waals surface area contributed by atoms with Gasteiger partial charge in [-0.15, -0.1) is 0 Å². The summed E-state index contributed by atoms with van der Waals surface area (Å²) in [7, 11) is 0. The van der Waals surface area contributed by atoms with E-state index < -0.39 is 17.9 Å². The van der Waals surface area contributed by atoms with Gasteiger partial charge in [0.2, 0.25) is 0 Å². The van der Waals surface area contributed by atoms with E-state index in [1.54, 1.807) is 30.3 Å². The maximum atomic E-state index is 12.4. The largest absolute Gasteiger partial charge is 0.548 e. The van der Waals surface area contributed by atoms with Crippen LogP contribution in [-0.2, 0) is 9.59 Å². The maximum Gasteiger partial charge on any atom is 0.266 e. The highest BCUT2D eigenvalue weighted by molar-refractivity contribution is 8.26. The third kappa shape index (κ3) is 3.66. The third-order valence-corrected chi connectivity index (χ3v) is 5.73. The van der Waals surface area contributed by atoms with Gasteiger partial charge in [0.1, 0.15) is 15.8 Å². The number of thioether (sulfide) groups is 1. The molecule has 26 heavy (non-hydrogen) atoms. The Morgan fingerprint density at radius 3 is 2.69 bits per heavy atom. The number of halogens is 2. The molecule has 0 saturated carbocycles. The minimum absolute atomic E-state index is 0.161. The van der Waals surface area contributed by atoms with Crippen molar-refractivity contribution in [2.24, 2.45) is 0 Å². The normalized spacial score (nSPS) is 17.2. The lowest BCUT2D eigenvalue weighted by Crippen LogP contribution is -2.48. The van der Waals surface area contributed by atoms with Crippen molar-refractivity contribution in [2.75, 3.05) is 0 Å². The van der Waals surface area contributed by atoms with E-state index in [4.69, 9.17) is 39.8 Å². The van der Waals surface area contributed by atoms with Crippen LogP contribution in [0.3, 0.4) is 0 Å². The van der Waals surface area contributed by atoms with Crippen LogP contribution in [0.4, 0.5) is 0 Å². The predicted octanol–water partition coefficient (Wildman–Crippen LogP) is 3.59. The van der Waals surface area contributed by atoms with Gasteiger partial charge in [-0.3, -0.25) is 9.69 Å². The molecule has 0 N–H and O–H groups in total. The summed E-state index contributed by atoms with van der Waals surface area (Å²) in [6, 6.07) is 7.37. The number of hydrogen-bond acceptors (Lipinski definition) is 6. The summed E-state index contributed by atoms with van der Waals surface area (Å²) in [6.07, 6.45) is 1.52. The van der Waals surface area contributed by atoms with Gasteiger partial charge in [0, 0.05) is 11.6 Å². The number of carbonyl (C=O) groups excluding carboxylic acids is 2. The van der Waals surface area contributed by atoms with Gasteiger partial charge < -0.3 is 14.3 Å². The van der Waals surface area contributed by atoms with E-state index in [2.05, 4.69) is 0 Å². The van der Waals surface area contributed by atoms with E-state index in [9.17, 15) is 14.7 Å². The summed E-state index contributed by atoms with van der Waals surface area (Å²) in [5.74, 6) is -0.896. The molecular weight excluding hydrogens is 417 g/mol. The highest BCUT2D eigenvalue weighted by atomic mass is 35.5. The lowest BCUT2D eigenvalue weighted by Gasteiger charge is -2.23. The molecule has 2 heterocycles. The van der Waals surface area contributed by atoms with Crippen molar-refractivity contribution >= 4 is 69.5 Å². The standard InChI is InChI=1S/C17H11Cl2NO4S2/c1-8(16(22)23)20-15(21)14(26-17(20)25)7-10-3-5-13(24-10)9-2-4-11(18)12(19)6-9/h2-8H,1H3,(H,22,23)/p-1/b14-7-/t8-/m1/s1. The zero-order chi connectivity index (χ0) is 19.0. The lowest BCUT2D eigenvalue weighted by atomic mass is 10.2. The van der Waals surface area contributed by atoms with Crippen molar-refractivity contribution in [1.82, 2.24) is 4.90 Å².